The van der Waals surface area contributed by atoms with Crippen LogP contribution in [0.4, 0.5) is 0 Å². The SMILES string of the molecule is CC1(C)Oc2cnccc2-c2c1cc(C(=O)O)n2Cc1ccccc1. The average molecular weight is 334 g/mol. The summed E-state index contributed by atoms with van der Waals surface area (Å²) in [6.07, 6.45) is 3.38. The second-order valence-electron chi connectivity index (χ2n) is 6.65. The number of benzene rings is 1. The molecular weight excluding hydrogens is 316 g/mol. The van der Waals surface area contributed by atoms with Crippen LogP contribution in [0.3, 0.4) is 0 Å². The molecule has 4 rings (SSSR count). The van der Waals surface area contributed by atoms with Gasteiger partial charge in [-0.2, -0.15) is 0 Å². The van der Waals surface area contributed by atoms with E-state index in [1.165, 1.54) is 0 Å². The third-order valence-corrected chi connectivity index (χ3v) is 4.55. The predicted octanol–water partition coefficient (Wildman–Crippen LogP) is 3.92. The Bertz CT molecular complexity index is 958. The van der Waals surface area contributed by atoms with Crippen molar-refractivity contribution in [2.75, 3.05) is 0 Å². The van der Waals surface area contributed by atoms with E-state index in [9.17, 15) is 9.90 Å². The van der Waals surface area contributed by atoms with Gasteiger partial charge in [-0.25, -0.2) is 4.79 Å². The number of carboxylic acid groups (broad SMARTS) is 1. The molecule has 5 nitrogen and oxygen atoms in total. The first-order valence-corrected chi connectivity index (χ1v) is 8.12. The molecule has 1 aliphatic rings. The van der Waals surface area contributed by atoms with Crippen LogP contribution >= 0.6 is 0 Å². The molecule has 0 fully saturated rings. The number of ether oxygens (including phenoxy) is 1. The van der Waals surface area contributed by atoms with E-state index in [-0.39, 0.29) is 5.69 Å². The van der Waals surface area contributed by atoms with Gasteiger partial charge in [0.2, 0.25) is 0 Å². The maximum Gasteiger partial charge on any atom is 0.352 e. The Morgan fingerprint density at radius 1 is 1.24 bits per heavy atom. The van der Waals surface area contributed by atoms with Gasteiger partial charge in [-0.05, 0) is 31.5 Å². The molecule has 0 spiro atoms. The summed E-state index contributed by atoms with van der Waals surface area (Å²) in [5, 5.41) is 9.74. The highest BCUT2D eigenvalue weighted by Crippen LogP contribution is 2.46. The highest BCUT2D eigenvalue weighted by Gasteiger charge is 2.37. The maximum atomic E-state index is 11.9. The minimum absolute atomic E-state index is 0.259. The summed E-state index contributed by atoms with van der Waals surface area (Å²) in [6.45, 7) is 4.37. The normalized spacial score (nSPS) is 14.3. The smallest absolute Gasteiger partial charge is 0.352 e. The summed E-state index contributed by atoms with van der Waals surface area (Å²) in [5.41, 5.74) is 3.30. The van der Waals surface area contributed by atoms with Gasteiger partial charge < -0.3 is 14.4 Å². The first-order chi connectivity index (χ1) is 12.0. The number of pyridine rings is 1. The molecule has 0 atom stereocenters. The number of carbonyl (C=O) groups is 1. The van der Waals surface area contributed by atoms with Crippen molar-refractivity contribution in [2.24, 2.45) is 0 Å². The first kappa shape index (κ1) is 15.4. The van der Waals surface area contributed by atoms with Gasteiger partial charge in [-0.1, -0.05) is 30.3 Å². The minimum Gasteiger partial charge on any atom is -0.481 e. The van der Waals surface area contributed by atoms with Crippen molar-refractivity contribution in [3.63, 3.8) is 0 Å². The Labute approximate surface area is 145 Å². The number of hydrogen-bond acceptors (Lipinski definition) is 3. The highest BCUT2D eigenvalue weighted by atomic mass is 16.5. The van der Waals surface area contributed by atoms with Crippen LogP contribution in [0.25, 0.3) is 11.3 Å². The van der Waals surface area contributed by atoms with Crippen molar-refractivity contribution < 1.29 is 14.6 Å². The molecule has 1 aliphatic heterocycles. The van der Waals surface area contributed by atoms with Crippen molar-refractivity contribution in [3.05, 3.63) is 71.7 Å². The van der Waals surface area contributed by atoms with Crippen LogP contribution in [0.1, 0.15) is 35.5 Å². The highest BCUT2D eigenvalue weighted by molar-refractivity contribution is 5.90. The zero-order valence-electron chi connectivity index (χ0n) is 14.1. The van der Waals surface area contributed by atoms with Gasteiger partial charge in [-0.3, -0.25) is 4.98 Å². The summed E-state index contributed by atoms with van der Waals surface area (Å²) < 4.78 is 7.93. The Balaban J connectivity index is 1.98. The molecule has 1 N–H and O–H groups in total. The Kier molecular flexibility index (Phi) is 3.39. The summed E-state index contributed by atoms with van der Waals surface area (Å²) in [5.74, 6) is -0.277. The molecule has 3 aromatic rings. The van der Waals surface area contributed by atoms with Gasteiger partial charge in [0.25, 0.3) is 0 Å². The van der Waals surface area contributed by atoms with Crippen molar-refractivity contribution in [2.45, 2.75) is 26.0 Å². The molecule has 0 saturated heterocycles. The van der Waals surface area contributed by atoms with Gasteiger partial charge in [0.15, 0.2) is 0 Å². The second kappa shape index (κ2) is 5.48. The van der Waals surface area contributed by atoms with Crippen LogP contribution in [-0.4, -0.2) is 20.6 Å². The van der Waals surface area contributed by atoms with Crippen LogP contribution < -0.4 is 4.74 Å². The largest absolute Gasteiger partial charge is 0.481 e. The lowest BCUT2D eigenvalue weighted by Gasteiger charge is -2.33. The first-order valence-electron chi connectivity index (χ1n) is 8.12. The molecule has 2 aromatic heterocycles. The van der Waals surface area contributed by atoms with E-state index < -0.39 is 11.6 Å². The van der Waals surface area contributed by atoms with Crippen LogP contribution in [0.5, 0.6) is 5.75 Å². The lowest BCUT2D eigenvalue weighted by atomic mass is 9.92. The molecule has 0 aliphatic carbocycles. The third-order valence-electron chi connectivity index (χ3n) is 4.55. The number of aromatic nitrogens is 2. The van der Waals surface area contributed by atoms with Gasteiger partial charge in [0.1, 0.15) is 17.0 Å². The fourth-order valence-corrected chi connectivity index (χ4v) is 3.39. The fourth-order valence-electron chi connectivity index (χ4n) is 3.39. The lowest BCUT2D eigenvalue weighted by Crippen LogP contribution is -2.29. The Morgan fingerprint density at radius 2 is 2.00 bits per heavy atom. The van der Waals surface area contributed by atoms with E-state index in [0.717, 1.165) is 22.4 Å². The van der Waals surface area contributed by atoms with Crippen LogP contribution in [0, 0.1) is 0 Å². The van der Waals surface area contributed by atoms with E-state index in [0.29, 0.717) is 12.3 Å². The molecule has 126 valence electrons. The van der Waals surface area contributed by atoms with E-state index in [1.807, 2.05) is 54.8 Å². The van der Waals surface area contributed by atoms with E-state index in [1.54, 1.807) is 18.5 Å². The molecule has 0 amide bonds. The number of hydrogen-bond donors (Lipinski definition) is 1. The number of carboxylic acids is 1. The molecule has 1 aromatic carbocycles. The van der Waals surface area contributed by atoms with Crippen molar-refractivity contribution in [1.82, 2.24) is 9.55 Å². The second-order valence-corrected chi connectivity index (χ2v) is 6.65. The van der Waals surface area contributed by atoms with Gasteiger partial charge in [0, 0.05) is 23.9 Å². The zero-order chi connectivity index (χ0) is 17.6. The van der Waals surface area contributed by atoms with E-state index >= 15 is 0 Å². The fraction of sp³-hybridized carbons (Fsp3) is 0.200. The van der Waals surface area contributed by atoms with E-state index in [2.05, 4.69) is 4.98 Å². The molecule has 5 heteroatoms. The monoisotopic (exact) mass is 334 g/mol. The third kappa shape index (κ3) is 2.48. The summed E-state index contributed by atoms with van der Waals surface area (Å²) in [6, 6.07) is 13.4. The van der Waals surface area contributed by atoms with Crippen LogP contribution in [-0.2, 0) is 12.1 Å². The van der Waals surface area contributed by atoms with Crippen molar-refractivity contribution in [1.29, 1.82) is 0 Å². The van der Waals surface area contributed by atoms with Gasteiger partial charge in [0.05, 0.1) is 11.9 Å². The minimum atomic E-state index is -0.947. The molecule has 3 heterocycles. The molecule has 0 radical (unpaired) electrons. The van der Waals surface area contributed by atoms with Crippen molar-refractivity contribution in [3.8, 4) is 17.0 Å². The zero-order valence-corrected chi connectivity index (χ0v) is 14.1. The number of rotatable bonds is 3. The number of nitrogens with zero attached hydrogens (tertiary/aromatic N) is 2. The Hall–Kier alpha value is -3.08. The molecule has 0 bridgehead atoms. The number of aromatic carboxylic acids is 1. The van der Waals surface area contributed by atoms with Crippen molar-refractivity contribution >= 4 is 5.97 Å². The summed E-state index contributed by atoms with van der Waals surface area (Å²) in [7, 11) is 0. The quantitative estimate of drug-likeness (QED) is 0.788. The summed E-state index contributed by atoms with van der Waals surface area (Å²) >= 11 is 0. The molecular formula is C20H18N2O3. The number of fused-ring (bicyclic) bond motifs is 3. The summed E-state index contributed by atoms with van der Waals surface area (Å²) in [4.78, 5) is 16.0. The van der Waals surface area contributed by atoms with Gasteiger partial charge in [-0.15, -0.1) is 0 Å². The molecule has 25 heavy (non-hydrogen) atoms. The molecule has 0 unspecified atom stereocenters. The van der Waals surface area contributed by atoms with Crippen LogP contribution in [0.15, 0.2) is 54.9 Å². The standard InChI is InChI=1S/C20H18N2O3/c1-20(2)15-10-16(19(23)24)22(12-13-6-4-3-5-7-13)18(15)14-8-9-21-11-17(14)25-20/h3-11H,12H2,1-2H3,(H,23,24). The van der Waals surface area contributed by atoms with E-state index in [4.69, 9.17) is 4.74 Å². The molecule has 0 saturated carbocycles. The van der Waals surface area contributed by atoms with Crippen LogP contribution in [0.2, 0.25) is 0 Å². The Morgan fingerprint density at radius 3 is 2.72 bits per heavy atom. The average Bonchev–Trinajstić information content (AvgIpc) is 2.96. The topological polar surface area (TPSA) is 64.3 Å². The van der Waals surface area contributed by atoms with Gasteiger partial charge >= 0.3 is 5.97 Å². The maximum absolute atomic E-state index is 11.9. The lowest BCUT2D eigenvalue weighted by molar-refractivity contribution is 0.0686. The predicted molar refractivity (Wildman–Crippen MR) is 93.8 cm³/mol.